The normalized spacial score (nSPS) is 12.1. The van der Waals surface area contributed by atoms with Gasteiger partial charge >= 0.3 is 0 Å². The molecule has 138 valence electrons. The zero-order valence-electron chi connectivity index (χ0n) is 13.7. The number of amides is 2. The van der Waals surface area contributed by atoms with Crippen LogP contribution in [0.15, 0.2) is 16.3 Å². The van der Waals surface area contributed by atoms with Gasteiger partial charge in [-0.3, -0.25) is 9.59 Å². The van der Waals surface area contributed by atoms with E-state index < -0.39 is 15.9 Å². The standard InChI is InChI=1S/C13H22N4O4S2.ClH/c1-9(14-3)6-16-12(19)8-17-23(20,21)13-5-4-11(22-13)7-15-10(2)18;/h4-5,9,14,17H,6-8H2,1-3H3,(H,15,18)(H,16,19);1H. The largest absolute Gasteiger partial charge is 0.353 e. The summed E-state index contributed by atoms with van der Waals surface area (Å²) >= 11 is 1.05. The second kappa shape index (κ2) is 10.6. The number of likely N-dealkylation sites (N-methyl/N-ethyl adjacent to an activating group) is 1. The first kappa shape index (κ1) is 22.8. The summed E-state index contributed by atoms with van der Waals surface area (Å²) in [5, 5.41) is 8.18. The van der Waals surface area contributed by atoms with Crippen LogP contribution in [0.2, 0.25) is 0 Å². The van der Waals surface area contributed by atoms with Gasteiger partial charge in [-0.1, -0.05) is 0 Å². The van der Waals surface area contributed by atoms with Crippen LogP contribution in [0.25, 0.3) is 0 Å². The van der Waals surface area contributed by atoms with E-state index in [9.17, 15) is 18.0 Å². The van der Waals surface area contributed by atoms with E-state index in [1.807, 2.05) is 6.92 Å². The minimum Gasteiger partial charge on any atom is -0.353 e. The summed E-state index contributed by atoms with van der Waals surface area (Å²) < 4.78 is 26.6. The Morgan fingerprint density at radius 2 is 1.92 bits per heavy atom. The number of hydrogen-bond donors (Lipinski definition) is 4. The molecular formula is C13H23ClN4O4S2. The van der Waals surface area contributed by atoms with E-state index in [2.05, 4.69) is 20.7 Å². The molecule has 1 atom stereocenters. The van der Waals surface area contributed by atoms with Crippen LogP contribution in [0.4, 0.5) is 0 Å². The van der Waals surface area contributed by atoms with Gasteiger partial charge in [0.2, 0.25) is 11.8 Å². The average molecular weight is 399 g/mol. The molecule has 2 amide bonds. The molecule has 24 heavy (non-hydrogen) atoms. The molecule has 0 aliphatic carbocycles. The Kier molecular flexibility index (Phi) is 10.1. The summed E-state index contributed by atoms with van der Waals surface area (Å²) in [6.45, 7) is 3.65. The minimum absolute atomic E-state index is 0. The van der Waals surface area contributed by atoms with E-state index in [4.69, 9.17) is 0 Å². The Hall–Kier alpha value is -1.20. The maximum absolute atomic E-state index is 12.1. The first-order chi connectivity index (χ1) is 10.7. The van der Waals surface area contributed by atoms with E-state index in [-0.39, 0.29) is 41.7 Å². The zero-order valence-corrected chi connectivity index (χ0v) is 16.2. The molecule has 0 aromatic carbocycles. The van der Waals surface area contributed by atoms with Crippen molar-refractivity contribution in [3.63, 3.8) is 0 Å². The maximum atomic E-state index is 12.1. The van der Waals surface area contributed by atoms with Crippen molar-refractivity contribution in [2.45, 2.75) is 30.6 Å². The van der Waals surface area contributed by atoms with Gasteiger partial charge in [0.1, 0.15) is 4.21 Å². The van der Waals surface area contributed by atoms with Crippen LogP contribution in [0.1, 0.15) is 18.7 Å². The molecule has 1 unspecified atom stereocenters. The molecule has 11 heteroatoms. The molecule has 0 spiro atoms. The summed E-state index contributed by atoms with van der Waals surface area (Å²) in [6, 6.07) is 3.18. The highest BCUT2D eigenvalue weighted by molar-refractivity contribution is 7.91. The van der Waals surface area contributed by atoms with Crippen LogP contribution in [0, 0.1) is 0 Å². The monoisotopic (exact) mass is 398 g/mol. The fourth-order valence-electron chi connectivity index (χ4n) is 1.47. The number of carbonyl (C=O) groups excluding carboxylic acids is 2. The van der Waals surface area contributed by atoms with Gasteiger partial charge in [0.05, 0.1) is 13.1 Å². The lowest BCUT2D eigenvalue weighted by Crippen LogP contribution is -2.42. The van der Waals surface area contributed by atoms with Crippen molar-refractivity contribution in [1.82, 2.24) is 20.7 Å². The van der Waals surface area contributed by atoms with Crippen molar-refractivity contribution in [2.75, 3.05) is 20.1 Å². The molecule has 1 heterocycles. The molecule has 8 nitrogen and oxygen atoms in total. The summed E-state index contributed by atoms with van der Waals surface area (Å²) in [4.78, 5) is 23.2. The van der Waals surface area contributed by atoms with Gasteiger partial charge in [0.15, 0.2) is 0 Å². The Balaban J connectivity index is 0.00000529. The van der Waals surface area contributed by atoms with Gasteiger partial charge in [-0.25, -0.2) is 13.1 Å². The quantitative estimate of drug-likeness (QED) is 0.460. The smallest absolute Gasteiger partial charge is 0.250 e. The van der Waals surface area contributed by atoms with Crippen molar-refractivity contribution in [1.29, 1.82) is 0 Å². The maximum Gasteiger partial charge on any atom is 0.250 e. The van der Waals surface area contributed by atoms with Crippen molar-refractivity contribution in [2.24, 2.45) is 0 Å². The molecule has 4 N–H and O–H groups in total. The lowest BCUT2D eigenvalue weighted by molar-refractivity contribution is -0.120. The molecule has 1 rings (SSSR count). The van der Waals surface area contributed by atoms with Crippen LogP contribution in [0.3, 0.4) is 0 Å². The van der Waals surface area contributed by atoms with Gasteiger partial charge in [-0.05, 0) is 26.1 Å². The lowest BCUT2D eigenvalue weighted by atomic mass is 10.3. The number of sulfonamides is 1. The van der Waals surface area contributed by atoms with E-state index in [0.717, 1.165) is 11.3 Å². The summed E-state index contributed by atoms with van der Waals surface area (Å²) in [5.41, 5.74) is 0. The number of rotatable bonds is 9. The Labute approximate surface area is 152 Å². The molecular weight excluding hydrogens is 376 g/mol. The second-order valence-corrected chi connectivity index (χ2v) is 8.11. The molecule has 0 bridgehead atoms. The first-order valence-electron chi connectivity index (χ1n) is 7.01. The number of nitrogens with one attached hydrogen (secondary N) is 4. The number of carbonyl (C=O) groups is 2. The molecule has 0 aliphatic rings. The SMILES string of the molecule is CNC(C)CNC(=O)CNS(=O)(=O)c1ccc(CNC(C)=O)s1.Cl. The van der Waals surface area contributed by atoms with Gasteiger partial charge in [-0.15, -0.1) is 23.7 Å². The second-order valence-electron chi connectivity index (χ2n) is 4.95. The van der Waals surface area contributed by atoms with Crippen LogP contribution in [0.5, 0.6) is 0 Å². The molecule has 1 aromatic rings. The van der Waals surface area contributed by atoms with Crippen molar-refractivity contribution in [3.05, 3.63) is 17.0 Å². The van der Waals surface area contributed by atoms with Crippen LogP contribution in [-0.4, -0.2) is 46.4 Å². The third-order valence-electron chi connectivity index (χ3n) is 2.93. The number of hydrogen-bond acceptors (Lipinski definition) is 6. The highest BCUT2D eigenvalue weighted by Crippen LogP contribution is 2.21. The predicted octanol–water partition coefficient (Wildman–Crippen LogP) is -0.192. The van der Waals surface area contributed by atoms with Crippen LogP contribution >= 0.6 is 23.7 Å². The van der Waals surface area contributed by atoms with Crippen LogP contribution < -0.4 is 20.7 Å². The third kappa shape index (κ3) is 8.06. The lowest BCUT2D eigenvalue weighted by Gasteiger charge is -2.11. The minimum atomic E-state index is -3.74. The molecule has 0 saturated heterocycles. The molecule has 0 saturated carbocycles. The third-order valence-corrected chi connectivity index (χ3v) is 5.91. The predicted molar refractivity (Wildman–Crippen MR) is 95.8 cm³/mol. The number of thiophene rings is 1. The molecule has 0 radical (unpaired) electrons. The van der Waals surface area contributed by atoms with Gasteiger partial charge in [-0.2, -0.15) is 0 Å². The van der Waals surface area contributed by atoms with Crippen molar-refractivity contribution in [3.8, 4) is 0 Å². The van der Waals surface area contributed by atoms with E-state index in [1.165, 1.54) is 13.0 Å². The zero-order chi connectivity index (χ0) is 17.5. The van der Waals surface area contributed by atoms with Gasteiger partial charge in [0, 0.05) is 24.4 Å². The summed E-state index contributed by atoms with van der Waals surface area (Å²) in [7, 11) is -1.97. The Bertz CT molecular complexity index is 648. The summed E-state index contributed by atoms with van der Waals surface area (Å²) in [5.74, 6) is -0.584. The highest BCUT2D eigenvalue weighted by Gasteiger charge is 2.18. The molecule has 0 fully saturated rings. The van der Waals surface area contributed by atoms with Crippen LogP contribution in [-0.2, 0) is 26.2 Å². The van der Waals surface area contributed by atoms with E-state index in [0.29, 0.717) is 11.4 Å². The Morgan fingerprint density at radius 1 is 1.25 bits per heavy atom. The van der Waals surface area contributed by atoms with E-state index in [1.54, 1.807) is 13.1 Å². The highest BCUT2D eigenvalue weighted by atomic mass is 35.5. The first-order valence-corrected chi connectivity index (χ1v) is 9.31. The molecule has 1 aromatic heterocycles. The van der Waals surface area contributed by atoms with Gasteiger partial charge in [0.25, 0.3) is 10.0 Å². The topological polar surface area (TPSA) is 116 Å². The fraction of sp³-hybridized carbons (Fsp3) is 0.538. The molecule has 0 aliphatic heterocycles. The summed E-state index contributed by atoms with van der Waals surface area (Å²) in [6.07, 6.45) is 0. The van der Waals surface area contributed by atoms with E-state index >= 15 is 0 Å². The van der Waals surface area contributed by atoms with Crippen molar-refractivity contribution >= 4 is 45.6 Å². The average Bonchev–Trinajstić information content (AvgIpc) is 2.98. The number of halogens is 1. The fourth-order valence-corrected chi connectivity index (χ4v) is 3.79. The van der Waals surface area contributed by atoms with Gasteiger partial charge < -0.3 is 16.0 Å². The Morgan fingerprint density at radius 3 is 2.50 bits per heavy atom. The van der Waals surface area contributed by atoms with Crippen molar-refractivity contribution < 1.29 is 18.0 Å².